The lowest BCUT2D eigenvalue weighted by molar-refractivity contribution is -0.156. The normalized spacial score (nSPS) is 10.9. The molecule has 0 amide bonds. The molecule has 0 atom stereocenters. The molecule has 25 heavy (non-hydrogen) atoms. The molecule has 0 N–H and O–H groups in total. The van der Waals surface area contributed by atoms with E-state index in [2.05, 4.69) is 37.9 Å². The Morgan fingerprint density at radius 2 is 1.24 bits per heavy atom. The fraction of sp³-hybridized carbons (Fsp3) is 0.800. The zero-order valence-corrected chi connectivity index (χ0v) is 17.0. The molecule has 0 aliphatic heterocycles. The molecule has 0 aromatic carbocycles. The van der Waals surface area contributed by atoms with Crippen molar-refractivity contribution in [1.82, 2.24) is 0 Å². The van der Waals surface area contributed by atoms with Crippen LogP contribution >= 0.6 is 37.9 Å². The van der Waals surface area contributed by atoms with Crippen molar-refractivity contribution >= 4 is 56.0 Å². The summed E-state index contributed by atoms with van der Waals surface area (Å²) >= 11 is 11.9. The predicted molar refractivity (Wildman–Crippen MR) is 103 cm³/mol. The van der Waals surface area contributed by atoms with Crippen LogP contribution in [0.15, 0.2) is 0 Å². The van der Waals surface area contributed by atoms with Crippen LogP contribution in [0.4, 0.5) is 4.79 Å². The minimum absolute atomic E-state index is 0.0515. The second kappa shape index (κ2) is 14.4. The first-order valence-electron chi connectivity index (χ1n) is 7.86. The Labute approximate surface area is 164 Å². The van der Waals surface area contributed by atoms with Gasteiger partial charge in [-0.05, 0) is 6.42 Å². The molecular weight excluding hydrogens is 388 g/mol. The molecule has 0 saturated carbocycles. The molecule has 0 bridgehead atoms. The summed E-state index contributed by atoms with van der Waals surface area (Å²) in [6.45, 7) is 1.72. The van der Waals surface area contributed by atoms with Crippen molar-refractivity contribution < 1.29 is 33.3 Å². The van der Waals surface area contributed by atoms with Crippen molar-refractivity contribution in [2.75, 3.05) is 43.7 Å². The van der Waals surface area contributed by atoms with Crippen molar-refractivity contribution in [2.45, 2.75) is 26.2 Å². The lowest BCUT2D eigenvalue weighted by Crippen LogP contribution is -2.39. The summed E-state index contributed by atoms with van der Waals surface area (Å²) in [7, 11) is 0. The van der Waals surface area contributed by atoms with Gasteiger partial charge in [-0.15, -0.1) is 0 Å². The van der Waals surface area contributed by atoms with Gasteiger partial charge in [0.2, 0.25) is 0 Å². The molecule has 0 radical (unpaired) electrons. The average molecular weight is 415 g/mol. The molecule has 0 spiro atoms. The van der Waals surface area contributed by atoms with Crippen molar-refractivity contribution in [3.8, 4) is 0 Å². The van der Waals surface area contributed by atoms with Crippen LogP contribution in [0.3, 0.4) is 0 Å². The van der Waals surface area contributed by atoms with Crippen LogP contribution in [-0.4, -0.2) is 61.8 Å². The van der Waals surface area contributed by atoms with Gasteiger partial charge in [0, 0.05) is 17.3 Å². The number of ether oxygens (including phenoxy) is 4. The van der Waals surface area contributed by atoms with E-state index in [1.54, 1.807) is 0 Å². The Balaban J connectivity index is 4.80. The van der Waals surface area contributed by atoms with Crippen molar-refractivity contribution in [3.05, 3.63) is 0 Å². The highest BCUT2D eigenvalue weighted by Gasteiger charge is 2.34. The quantitative estimate of drug-likeness (QED) is 0.242. The van der Waals surface area contributed by atoms with E-state index in [0.717, 1.165) is 0 Å². The minimum atomic E-state index is -0.852. The molecule has 0 aromatic heterocycles. The Hall–Kier alpha value is -0.740. The van der Waals surface area contributed by atoms with E-state index in [9.17, 15) is 14.4 Å². The van der Waals surface area contributed by atoms with Crippen LogP contribution in [0.1, 0.15) is 26.2 Å². The van der Waals surface area contributed by atoms with E-state index in [0.29, 0.717) is 23.7 Å². The summed E-state index contributed by atoms with van der Waals surface area (Å²) in [5, 5.41) is 0. The Morgan fingerprint density at radius 3 is 1.64 bits per heavy atom. The summed E-state index contributed by atoms with van der Waals surface area (Å²) in [6, 6.07) is 0. The molecule has 10 heteroatoms. The summed E-state index contributed by atoms with van der Waals surface area (Å²) in [5.74, 6) is 0.249. The number of hydrogen-bond donors (Lipinski definition) is 3. The third-order valence-electron chi connectivity index (χ3n) is 3.27. The van der Waals surface area contributed by atoms with E-state index in [4.69, 9.17) is 18.9 Å². The third kappa shape index (κ3) is 11.5. The van der Waals surface area contributed by atoms with E-state index in [1.807, 2.05) is 6.92 Å². The second-order valence-electron chi connectivity index (χ2n) is 5.23. The van der Waals surface area contributed by atoms with Crippen molar-refractivity contribution in [2.24, 2.45) is 5.41 Å². The van der Waals surface area contributed by atoms with Gasteiger partial charge in [-0.1, -0.05) is 6.92 Å². The number of esters is 2. The van der Waals surface area contributed by atoms with Gasteiger partial charge < -0.3 is 18.9 Å². The molecule has 0 unspecified atom stereocenters. The van der Waals surface area contributed by atoms with Crippen LogP contribution in [0.2, 0.25) is 0 Å². The summed E-state index contributed by atoms with van der Waals surface area (Å²) < 4.78 is 20.3. The lowest BCUT2D eigenvalue weighted by Gasteiger charge is -2.30. The van der Waals surface area contributed by atoms with Gasteiger partial charge in [-0.25, -0.2) is 4.79 Å². The van der Waals surface area contributed by atoms with E-state index < -0.39 is 23.5 Å². The standard InChI is InChI=1S/C15H26O7S3/c1-2-15(9-20-12(16)3-6-23,10-21-13(17)4-7-24)11-22-14(18)19-5-8-25/h23-25H,2-11H2,1H3. The maximum absolute atomic E-state index is 11.6. The smallest absolute Gasteiger partial charge is 0.465 e. The van der Waals surface area contributed by atoms with Crippen molar-refractivity contribution in [1.29, 1.82) is 0 Å². The molecule has 0 aliphatic rings. The van der Waals surface area contributed by atoms with Gasteiger partial charge in [0.05, 0.1) is 18.3 Å². The first-order valence-corrected chi connectivity index (χ1v) is 9.76. The number of rotatable bonds is 13. The zero-order valence-electron chi connectivity index (χ0n) is 14.3. The third-order valence-corrected chi connectivity index (χ3v) is 3.90. The molecule has 7 nitrogen and oxygen atoms in total. The topological polar surface area (TPSA) is 88.1 Å². The van der Waals surface area contributed by atoms with Crippen LogP contribution in [0.25, 0.3) is 0 Å². The predicted octanol–water partition coefficient (Wildman–Crippen LogP) is 2.19. The van der Waals surface area contributed by atoms with Gasteiger partial charge >= 0.3 is 18.1 Å². The van der Waals surface area contributed by atoms with Gasteiger partial charge in [-0.3, -0.25) is 9.59 Å². The Morgan fingerprint density at radius 1 is 0.760 bits per heavy atom. The van der Waals surface area contributed by atoms with Gasteiger partial charge in [0.1, 0.15) is 26.4 Å². The second-order valence-corrected chi connectivity index (χ2v) is 6.57. The molecule has 0 fully saturated rings. The van der Waals surface area contributed by atoms with E-state index in [1.165, 1.54) is 0 Å². The monoisotopic (exact) mass is 414 g/mol. The molecular formula is C15H26O7S3. The average Bonchev–Trinajstić information content (AvgIpc) is 2.60. The van der Waals surface area contributed by atoms with Gasteiger partial charge in [0.25, 0.3) is 0 Å². The van der Waals surface area contributed by atoms with Crippen LogP contribution in [-0.2, 0) is 28.5 Å². The molecule has 0 aliphatic carbocycles. The van der Waals surface area contributed by atoms with Crippen LogP contribution in [0.5, 0.6) is 0 Å². The van der Waals surface area contributed by atoms with Crippen molar-refractivity contribution in [3.63, 3.8) is 0 Å². The molecule has 0 rings (SSSR count). The van der Waals surface area contributed by atoms with Gasteiger partial charge in [-0.2, -0.15) is 37.9 Å². The maximum atomic E-state index is 11.6. The summed E-state index contributed by atoms with van der Waals surface area (Å²) in [5.41, 5.74) is -0.849. The van der Waals surface area contributed by atoms with E-state index >= 15 is 0 Å². The Bertz CT molecular complexity index is 396. The largest absolute Gasteiger partial charge is 0.508 e. The number of hydrogen-bond acceptors (Lipinski definition) is 10. The first-order chi connectivity index (χ1) is 11.9. The first kappa shape index (κ1) is 24.3. The molecule has 146 valence electrons. The number of carbonyl (C=O) groups excluding carboxylic acids is 3. The number of carbonyl (C=O) groups is 3. The molecule has 0 aromatic rings. The van der Waals surface area contributed by atoms with Crippen LogP contribution < -0.4 is 0 Å². The molecule has 0 heterocycles. The highest BCUT2D eigenvalue weighted by Crippen LogP contribution is 2.25. The lowest BCUT2D eigenvalue weighted by atomic mass is 9.88. The highest BCUT2D eigenvalue weighted by atomic mass is 32.1. The van der Waals surface area contributed by atoms with E-state index in [-0.39, 0.29) is 39.3 Å². The highest BCUT2D eigenvalue weighted by molar-refractivity contribution is 7.80. The fourth-order valence-electron chi connectivity index (χ4n) is 1.61. The number of thiol groups is 3. The summed E-state index contributed by atoms with van der Waals surface area (Å²) in [4.78, 5) is 34.7. The van der Waals surface area contributed by atoms with Gasteiger partial charge in [0.15, 0.2) is 0 Å². The fourth-order valence-corrected chi connectivity index (χ4v) is 2.06. The maximum Gasteiger partial charge on any atom is 0.508 e. The van der Waals surface area contributed by atoms with Crippen LogP contribution in [0, 0.1) is 5.41 Å². The Kier molecular flexibility index (Phi) is 14.0. The zero-order chi connectivity index (χ0) is 19.1. The SMILES string of the molecule is CCC(COC(=O)CCS)(COC(=O)CCS)COC(=O)OCCS. The minimum Gasteiger partial charge on any atom is -0.465 e. The summed E-state index contributed by atoms with van der Waals surface area (Å²) in [6.07, 6.45) is -0.0783. The molecule has 0 saturated heterocycles.